The van der Waals surface area contributed by atoms with Crippen molar-refractivity contribution >= 4 is 39.8 Å². The third kappa shape index (κ3) is 3.81. The molecule has 0 aliphatic rings. The molecule has 0 fully saturated rings. The van der Waals surface area contributed by atoms with Crippen LogP contribution in [0.5, 0.6) is 0 Å². The number of aromatic nitrogens is 5. The van der Waals surface area contributed by atoms with Gasteiger partial charge in [0.25, 0.3) is 0 Å². The number of nitrogens with one attached hydrogen (secondary N) is 1. The van der Waals surface area contributed by atoms with Crippen LogP contribution in [0, 0.1) is 6.92 Å². The number of hydrogen-bond donors (Lipinski definition) is 1. The Hall–Kier alpha value is -2.58. The van der Waals surface area contributed by atoms with Crippen molar-refractivity contribution in [1.82, 2.24) is 25.4 Å². The van der Waals surface area contributed by atoms with Gasteiger partial charge in [-0.1, -0.05) is 65.6 Å². The Morgan fingerprint density at radius 1 is 1.04 bits per heavy atom. The average molecular weight is 381 g/mol. The Morgan fingerprint density at radius 3 is 2.81 bits per heavy atom. The van der Waals surface area contributed by atoms with Gasteiger partial charge < -0.3 is 5.32 Å². The first kappa shape index (κ1) is 16.9. The van der Waals surface area contributed by atoms with Gasteiger partial charge in [0.1, 0.15) is 5.01 Å². The second-order valence-corrected chi connectivity index (χ2v) is 8.08. The zero-order valence-corrected chi connectivity index (χ0v) is 15.7. The average Bonchev–Trinajstić information content (AvgIpc) is 3.10. The van der Waals surface area contributed by atoms with Gasteiger partial charge in [-0.25, -0.2) is 4.98 Å². The first-order valence-electron chi connectivity index (χ1n) is 8.14. The first-order valence-corrected chi connectivity index (χ1v) is 9.94. The number of thioether (sulfide) groups is 1. The highest BCUT2D eigenvalue weighted by Crippen LogP contribution is 2.27. The number of nitrogens with zero attached hydrogens (tertiary/aromatic N) is 5. The molecule has 4 aromatic rings. The van der Waals surface area contributed by atoms with Crippen LogP contribution in [0.1, 0.15) is 5.01 Å². The molecule has 0 amide bonds. The monoisotopic (exact) mass is 380 g/mol. The summed E-state index contributed by atoms with van der Waals surface area (Å²) in [5, 5.41) is 22.9. The van der Waals surface area contributed by atoms with E-state index in [2.05, 4.69) is 55.0 Å². The summed E-state index contributed by atoms with van der Waals surface area (Å²) in [6.07, 6.45) is 1.70. The molecule has 0 atom stereocenters. The molecular weight excluding hydrogens is 364 g/mol. The quantitative estimate of drug-likeness (QED) is 0.399. The van der Waals surface area contributed by atoms with Crippen molar-refractivity contribution in [3.63, 3.8) is 0 Å². The van der Waals surface area contributed by atoms with Crippen LogP contribution in [0.15, 0.2) is 53.0 Å². The van der Waals surface area contributed by atoms with Gasteiger partial charge in [0.05, 0.1) is 11.9 Å². The van der Waals surface area contributed by atoms with Crippen LogP contribution in [0.25, 0.3) is 22.0 Å². The molecule has 0 unspecified atom stereocenters. The maximum absolute atomic E-state index is 4.62. The summed E-state index contributed by atoms with van der Waals surface area (Å²) in [6, 6.07) is 14.5. The lowest BCUT2D eigenvalue weighted by atomic mass is 10.0. The van der Waals surface area contributed by atoms with Crippen molar-refractivity contribution in [3.05, 3.63) is 53.7 Å². The lowest BCUT2D eigenvalue weighted by molar-refractivity contribution is 0.959. The third-order valence-electron chi connectivity index (χ3n) is 3.74. The second kappa shape index (κ2) is 7.76. The normalized spacial score (nSPS) is 11.0. The molecular formula is C18H16N6S2. The summed E-state index contributed by atoms with van der Waals surface area (Å²) in [4.78, 5) is 4.62. The molecule has 2 heterocycles. The Kier molecular flexibility index (Phi) is 5.03. The standard InChI is InChI=1S/C18H16N6S2/c1-12-22-24-18(26-12)25-10-9-19-17-21-16(11-20-23-17)15-8-4-6-13-5-2-3-7-14(13)15/h2-8,11H,9-10H2,1H3,(H,19,21,23). The fraction of sp³-hybridized carbons (Fsp3) is 0.167. The highest BCUT2D eigenvalue weighted by molar-refractivity contribution is 8.01. The van der Waals surface area contributed by atoms with Crippen LogP contribution in [-0.2, 0) is 0 Å². The predicted octanol–water partition coefficient (Wildman–Crippen LogP) is 4.06. The van der Waals surface area contributed by atoms with Crippen molar-refractivity contribution in [2.45, 2.75) is 11.3 Å². The molecule has 0 radical (unpaired) electrons. The topological polar surface area (TPSA) is 76.5 Å². The second-order valence-electron chi connectivity index (χ2n) is 5.55. The van der Waals surface area contributed by atoms with E-state index < -0.39 is 0 Å². The fourth-order valence-electron chi connectivity index (χ4n) is 2.59. The van der Waals surface area contributed by atoms with Crippen LogP contribution >= 0.6 is 23.1 Å². The molecule has 1 N–H and O–H groups in total. The van der Waals surface area contributed by atoms with Crippen LogP contribution in [0.3, 0.4) is 0 Å². The van der Waals surface area contributed by atoms with Crippen molar-refractivity contribution in [2.75, 3.05) is 17.6 Å². The molecule has 0 spiro atoms. The number of aryl methyl sites for hydroxylation is 1. The summed E-state index contributed by atoms with van der Waals surface area (Å²) >= 11 is 3.27. The molecule has 2 aromatic heterocycles. The predicted molar refractivity (Wildman–Crippen MR) is 107 cm³/mol. The summed E-state index contributed by atoms with van der Waals surface area (Å²) < 4.78 is 0.979. The Labute approximate surface area is 159 Å². The number of benzene rings is 2. The van der Waals surface area contributed by atoms with Gasteiger partial charge >= 0.3 is 0 Å². The van der Waals surface area contributed by atoms with E-state index in [1.807, 2.05) is 25.1 Å². The summed E-state index contributed by atoms with van der Waals surface area (Å²) in [5.41, 5.74) is 1.87. The molecule has 0 saturated carbocycles. The van der Waals surface area contributed by atoms with E-state index in [1.165, 1.54) is 5.39 Å². The van der Waals surface area contributed by atoms with Gasteiger partial charge in [0.15, 0.2) is 4.34 Å². The van der Waals surface area contributed by atoms with Crippen molar-refractivity contribution in [1.29, 1.82) is 0 Å². The molecule has 26 heavy (non-hydrogen) atoms. The highest BCUT2D eigenvalue weighted by Gasteiger charge is 2.07. The van der Waals surface area contributed by atoms with E-state index in [4.69, 9.17) is 0 Å². The summed E-state index contributed by atoms with van der Waals surface area (Å²) in [6.45, 7) is 2.68. The van der Waals surface area contributed by atoms with E-state index >= 15 is 0 Å². The Balaban J connectivity index is 1.46. The SMILES string of the molecule is Cc1nnc(SCCNc2nncc(-c3cccc4ccccc34)n2)s1. The van der Waals surface area contributed by atoms with Crippen molar-refractivity contribution in [3.8, 4) is 11.3 Å². The van der Waals surface area contributed by atoms with Gasteiger partial charge in [-0.05, 0) is 17.7 Å². The van der Waals surface area contributed by atoms with Crippen molar-refractivity contribution in [2.24, 2.45) is 0 Å². The number of hydrogen-bond acceptors (Lipinski definition) is 8. The van der Waals surface area contributed by atoms with Gasteiger partial charge in [-0.15, -0.1) is 15.3 Å². The summed E-state index contributed by atoms with van der Waals surface area (Å²) in [5.74, 6) is 1.39. The molecule has 6 nitrogen and oxygen atoms in total. The lowest BCUT2D eigenvalue weighted by Crippen LogP contribution is -2.08. The van der Waals surface area contributed by atoms with Gasteiger partial charge in [0.2, 0.25) is 5.95 Å². The Bertz CT molecular complexity index is 1030. The minimum absolute atomic E-state index is 0.532. The first-order chi connectivity index (χ1) is 12.8. The maximum Gasteiger partial charge on any atom is 0.243 e. The number of rotatable bonds is 6. The van der Waals surface area contributed by atoms with Crippen LogP contribution in [0.4, 0.5) is 5.95 Å². The minimum Gasteiger partial charge on any atom is -0.352 e. The molecule has 8 heteroatoms. The maximum atomic E-state index is 4.62. The van der Waals surface area contributed by atoms with Gasteiger partial charge in [-0.2, -0.15) is 5.10 Å². The van der Waals surface area contributed by atoms with E-state index in [1.54, 1.807) is 29.3 Å². The van der Waals surface area contributed by atoms with Crippen molar-refractivity contribution < 1.29 is 0 Å². The third-order valence-corrected chi connectivity index (χ3v) is 5.72. The smallest absolute Gasteiger partial charge is 0.243 e. The molecule has 0 saturated heterocycles. The van der Waals surface area contributed by atoms with E-state index in [9.17, 15) is 0 Å². The van der Waals surface area contributed by atoms with Crippen LogP contribution in [0.2, 0.25) is 0 Å². The lowest BCUT2D eigenvalue weighted by Gasteiger charge is -2.07. The van der Waals surface area contributed by atoms with Gasteiger partial charge in [-0.3, -0.25) is 0 Å². The molecule has 0 aliphatic heterocycles. The molecule has 4 rings (SSSR count). The molecule has 2 aromatic carbocycles. The van der Waals surface area contributed by atoms with E-state index in [-0.39, 0.29) is 0 Å². The minimum atomic E-state index is 0.532. The van der Waals surface area contributed by atoms with E-state index in [0.717, 1.165) is 38.3 Å². The molecule has 130 valence electrons. The number of fused-ring (bicyclic) bond motifs is 1. The van der Waals surface area contributed by atoms with Gasteiger partial charge in [0, 0.05) is 17.9 Å². The summed E-state index contributed by atoms with van der Waals surface area (Å²) in [7, 11) is 0. The number of anilines is 1. The fourth-order valence-corrected chi connectivity index (χ4v) is 4.34. The highest BCUT2D eigenvalue weighted by atomic mass is 32.2. The molecule has 0 bridgehead atoms. The Morgan fingerprint density at radius 2 is 1.92 bits per heavy atom. The largest absolute Gasteiger partial charge is 0.352 e. The zero-order valence-electron chi connectivity index (χ0n) is 14.1. The molecule has 0 aliphatic carbocycles. The van der Waals surface area contributed by atoms with E-state index in [0.29, 0.717) is 5.95 Å². The van der Waals surface area contributed by atoms with Crippen LogP contribution < -0.4 is 5.32 Å². The van der Waals surface area contributed by atoms with Crippen LogP contribution in [-0.4, -0.2) is 37.7 Å². The zero-order chi connectivity index (χ0) is 17.8.